The number of nitrogens with zero attached hydrogens (tertiary/aromatic N) is 3. The SMILES string of the molecule is COc1cccc(C(=O)N2CCC(C(=O)N/N=C/c3cccnc3)CC2)c1. The maximum atomic E-state index is 12.6. The van der Waals surface area contributed by atoms with Gasteiger partial charge in [0.1, 0.15) is 5.75 Å². The van der Waals surface area contributed by atoms with Crippen molar-refractivity contribution >= 4 is 18.0 Å². The van der Waals surface area contributed by atoms with Gasteiger partial charge in [0.05, 0.1) is 13.3 Å². The number of hydrogen-bond donors (Lipinski definition) is 1. The number of pyridine rings is 1. The quantitative estimate of drug-likeness (QED) is 0.649. The summed E-state index contributed by atoms with van der Waals surface area (Å²) in [7, 11) is 1.57. The molecule has 2 aromatic rings. The van der Waals surface area contributed by atoms with Crippen LogP contribution in [0.4, 0.5) is 0 Å². The van der Waals surface area contributed by atoms with Crippen molar-refractivity contribution in [3.8, 4) is 5.75 Å². The van der Waals surface area contributed by atoms with Crippen LogP contribution in [0.25, 0.3) is 0 Å². The third-order valence-corrected chi connectivity index (χ3v) is 4.54. The Morgan fingerprint density at radius 1 is 1.26 bits per heavy atom. The summed E-state index contributed by atoms with van der Waals surface area (Å²) >= 11 is 0. The molecule has 1 aliphatic rings. The molecule has 7 heteroatoms. The lowest BCUT2D eigenvalue weighted by Gasteiger charge is -2.31. The summed E-state index contributed by atoms with van der Waals surface area (Å²) in [5, 5.41) is 3.98. The van der Waals surface area contributed by atoms with E-state index in [9.17, 15) is 9.59 Å². The number of rotatable bonds is 5. The van der Waals surface area contributed by atoms with Crippen LogP contribution >= 0.6 is 0 Å². The molecule has 0 spiro atoms. The maximum Gasteiger partial charge on any atom is 0.253 e. The molecule has 0 aliphatic carbocycles. The molecular formula is C20H22N4O3. The van der Waals surface area contributed by atoms with Crippen LogP contribution in [0.15, 0.2) is 53.9 Å². The average molecular weight is 366 g/mol. The monoisotopic (exact) mass is 366 g/mol. The van der Waals surface area contributed by atoms with Crippen LogP contribution in [0, 0.1) is 5.92 Å². The molecule has 2 amide bonds. The minimum atomic E-state index is -0.148. The maximum absolute atomic E-state index is 12.6. The van der Waals surface area contributed by atoms with Gasteiger partial charge in [-0.2, -0.15) is 5.10 Å². The molecular weight excluding hydrogens is 344 g/mol. The summed E-state index contributed by atoms with van der Waals surface area (Å²) in [6.07, 6.45) is 6.13. The highest BCUT2D eigenvalue weighted by atomic mass is 16.5. The summed E-state index contributed by atoms with van der Waals surface area (Å²) < 4.78 is 5.17. The molecule has 0 radical (unpaired) electrons. The summed E-state index contributed by atoms with van der Waals surface area (Å²) in [6.45, 7) is 1.08. The van der Waals surface area contributed by atoms with Crippen LogP contribution in [-0.2, 0) is 4.79 Å². The molecule has 7 nitrogen and oxygen atoms in total. The lowest BCUT2D eigenvalue weighted by atomic mass is 9.95. The third kappa shape index (κ3) is 4.91. The molecule has 1 N–H and O–H groups in total. The molecule has 1 fully saturated rings. The van der Waals surface area contributed by atoms with E-state index < -0.39 is 0 Å². The molecule has 1 aliphatic heterocycles. The van der Waals surface area contributed by atoms with Gasteiger partial charge in [-0.05, 0) is 37.1 Å². The Bertz CT molecular complexity index is 815. The second-order valence-corrected chi connectivity index (χ2v) is 6.32. The number of methoxy groups -OCH3 is 1. The first-order valence-electron chi connectivity index (χ1n) is 8.83. The highest BCUT2D eigenvalue weighted by molar-refractivity contribution is 5.94. The number of amides is 2. The van der Waals surface area contributed by atoms with Crippen LogP contribution in [-0.4, -0.2) is 48.1 Å². The van der Waals surface area contributed by atoms with Crippen molar-refractivity contribution in [3.63, 3.8) is 0 Å². The minimum Gasteiger partial charge on any atom is -0.497 e. The van der Waals surface area contributed by atoms with E-state index in [2.05, 4.69) is 15.5 Å². The van der Waals surface area contributed by atoms with Crippen molar-refractivity contribution < 1.29 is 14.3 Å². The summed E-state index contributed by atoms with van der Waals surface area (Å²) in [4.78, 5) is 30.6. The summed E-state index contributed by atoms with van der Waals surface area (Å²) in [6, 6.07) is 10.8. The molecule has 27 heavy (non-hydrogen) atoms. The number of piperidine rings is 1. The number of benzene rings is 1. The van der Waals surface area contributed by atoms with Crippen molar-refractivity contribution in [2.24, 2.45) is 11.0 Å². The topological polar surface area (TPSA) is 83.9 Å². The zero-order valence-electron chi connectivity index (χ0n) is 15.2. The van der Waals surface area contributed by atoms with Crippen molar-refractivity contribution in [1.82, 2.24) is 15.3 Å². The molecule has 2 heterocycles. The van der Waals surface area contributed by atoms with Crippen LogP contribution in [0.1, 0.15) is 28.8 Å². The molecule has 140 valence electrons. The normalized spacial score (nSPS) is 14.9. The van der Waals surface area contributed by atoms with Gasteiger partial charge in [-0.1, -0.05) is 12.1 Å². The zero-order valence-corrected chi connectivity index (χ0v) is 15.2. The lowest BCUT2D eigenvalue weighted by molar-refractivity contribution is -0.126. The van der Waals surface area contributed by atoms with Gasteiger partial charge in [-0.3, -0.25) is 14.6 Å². The fourth-order valence-corrected chi connectivity index (χ4v) is 3.00. The van der Waals surface area contributed by atoms with E-state index in [1.54, 1.807) is 60.9 Å². The van der Waals surface area contributed by atoms with Crippen LogP contribution in [0.2, 0.25) is 0 Å². The Kier molecular flexibility index (Phi) is 6.14. The predicted molar refractivity (Wildman–Crippen MR) is 102 cm³/mol. The fourth-order valence-electron chi connectivity index (χ4n) is 3.00. The number of likely N-dealkylation sites (tertiary alicyclic amines) is 1. The number of nitrogens with one attached hydrogen (secondary N) is 1. The van der Waals surface area contributed by atoms with E-state index in [-0.39, 0.29) is 17.7 Å². The number of ether oxygens (including phenoxy) is 1. The van der Waals surface area contributed by atoms with Crippen molar-refractivity contribution in [2.45, 2.75) is 12.8 Å². The first kappa shape index (κ1) is 18.6. The molecule has 0 atom stereocenters. The average Bonchev–Trinajstić information content (AvgIpc) is 2.74. The first-order valence-corrected chi connectivity index (χ1v) is 8.83. The Morgan fingerprint density at radius 3 is 2.78 bits per heavy atom. The first-order chi connectivity index (χ1) is 13.2. The van der Waals surface area contributed by atoms with E-state index in [4.69, 9.17) is 4.74 Å². The molecule has 1 aromatic heterocycles. The number of aromatic nitrogens is 1. The van der Waals surface area contributed by atoms with Crippen molar-refractivity contribution in [3.05, 3.63) is 59.9 Å². The lowest BCUT2D eigenvalue weighted by Crippen LogP contribution is -2.42. The van der Waals surface area contributed by atoms with Gasteiger partial charge in [0.2, 0.25) is 5.91 Å². The van der Waals surface area contributed by atoms with Gasteiger partial charge in [-0.15, -0.1) is 0 Å². The van der Waals surface area contributed by atoms with Crippen LogP contribution in [0.3, 0.4) is 0 Å². The minimum absolute atomic E-state index is 0.0395. The Balaban J connectivity index is 1.50. The van der Waals surface area contributed by atoms with Gasteiger partial charge in [0.15, 0.2) is 0 Å². The number of hydrogen-bond acceptors (Lipinski definition) is 5. The molecule has 1 saturated heterocycles. The fraction of sp³-hybridized carbons (Fsp3) is 0.300. The van der Waals surface area contributed by atoms with Gasteiger partial charge < -0.3 is 9.64 Å². The van der Waals surface area contributed by atoms with Gasteiger partial charge in [-0.25, -0.2) is 5.43 Å². The van der Waals surface area contributed by atoms with E-state index in [0.29, 0.717) is 37.2 Å². The van der Waals surface area contributed by atoms with E-state index in [1.165, 1.54) is 0 Å². The Labute approximate surface area is 158 Å². The van der Waals surface area contributed by atoms with E-state index in [1.807, 2.05) is 6.07 Å². The molecule has 3 rings (SSSR count). The Hall–Kier alpha value is -3.22. The molecule has 0 unspecified atom stereocenters. The highest BCUT2D eigenvalue weighted by Crippen LogP contribution is 2.21. The molecule has 1 aromatic carbocycles. The molecule has 0 bridgehead atoms. The molecule has 0 saturated carbocycles. The predicted octanol–water partition coefficient (Wildman–Crippen LogP) is 2.09. The summed E-state index contributed by atoms with van der Waals surface area (Å²) in [5.41, 5.74) is 3.99. The van der Waals surface area contributed by atoms with Gasteiger partial charge >= 0.3 is 0 Å². The number of hydrazone groups is 1. The van der Waals surface area contributed by atoms with Crippen molar-refractivity contribution in [2.75, 3.05) is 20.2 Å². The second kappa shape index (κ2) is 8.93. The van der Waals surface area contributed by atoms with Gasteiger partial charge in [0.25, 0.3) is 5.91 Å². The Morgan fingerprint density at radius 2 is 2.07 bits per heavy atom. The third-order valence-electron chi connectivity index (χ3n) is 4.54. The van der Waals surface area contributed by atoms with Gasteiger partial charge in [0, 0.05) is 42.5 Å². The smallest absolute Gasteiger partial charge is 0.253 e. The largest absolute Gasteiger partial charge is 0.497 e. The van der Waals surface area contributed by atoms with E-state index >= 15 is 0 Å². The van der Waals surface area contributed by atoms with E-state index in [0.717, 1.165) is 5.56 Å². The standard InChI is InChI=1S/C20H22N4O3/c1-27-18-6-2-5-17(12-18)20(26)24-10-7-16(8-11-24)19(25)23-22-14-15-4-3-9-21-13-15/h2-6,9,12-14,16H,7-8,10-11H2,1H3,(H,23,25)/b22-14+. The van der Waals surface area contributed by atoms with Crippen LogP contribution in [0.5, 0.6) is 5.75 Å². The van der Waals surface area contributed by atoms with Crippen molar-refractivity contribution in [1.29, 1.82) is 0 Å². The number of carbonyl (C=O) groups is 2. The second-order valence-electron chi connectivity index (χ2n) is 6.32. The zero-order chi connectivity index (χ0) is 19.1. The van der Waals surface area contributed by atoms with Crippen LogP contribution < -0.4 is 10.2 Å². The number of carbonyl (C=O) groups excluding carboxylic acids is 2. The summed E-state index contributed by atoms with van der Waals surface area (Å²) in [5.74, 6) is 0.345. The highest BCUT2D eigenvalue weighted by Gasteiger charge is 2.27.